The van der Waals surface area contributed by atoms with Crippen LogP contribution in [0.2, 0.25) is 0 Å². The molecule has 0 fully saturated rings. The summed E-state index contributed by atoms with van der Waals surface area (Å²) in [5.41, 5.74) is 0.660. The van der Waals surface area contributed by atoms with Crippen LogP contribution in [0.1, 0.15) is 5.56 Å². The van der Waals surface area contributed by atoms with Crippen LogP contribution in [0.25, 0.3) is 0 Å². The van der Waals surface area contributed by atoms with Gasteiger partial charge in [-0.25, -0.2) is 8.42 Å². The number of hydrogen-bond acceptors (Lipinski definition) is 3. The predicted octanol–water partition coefficient (Wildman–Crippen LogP) is 1.40. The van der Waals surface area contributed by atoms with Gasteiger partial charge >= 0.3 is 0 Å². The lowest BCUT2D eigenvalue weighted by Crippen LogP contribution is -2.09. The topological polar surface area (TPSA) is 47.0 Å². The molecule has 0 aliphatic carbocycles. The van der Waals surface area contributed by atoms with E-state index in [1.807, 2.05) is 0 Å². The number of alkyl halides is 1. The average Bonchev–Trinajstić information content (AvgIpc) is 2.04. The molecule has 13 heavy (non-hydrogen) atoms. The van der Waals surface area contributed by atoms with Crippen LogP contribution in [0.4, 0.5) is 0 Å². The fourth-order valence-electron chi connectivity index (χ4n) is 1.02. The maximum atomic E-state index is 11.5. The van der Waals surface area contributed by atoms with E-state index >= 15 is 0 Å². The molecule has 0 aliphatic rings. The van der Waals surface area contributed by atoms with Gasteiger partial charge in [-0.1, -0.05) is 0 Å². The number of sulfone groups is 1. The third kappa shape index (κ3) is 2.42. The predicted molar refractivity (Wildman–Crippen MR) is 51.7 cm³/mol. The summed E-state index contributed by atoms with van der Waals surface area (Å²) in [6.45, 7) is 1.72. The number of nitrogens with zero attached hydrogens (tertiary/aromatic N) is 1. The molecule has 0 radical (unpaired) electrons. The largest absolute Gasteiger partial charge is 0.264 e. The third-order valence-corrected chi connectivity index (χ3v) is 3.93. The van der Waals surface area contributed by atoms with Crippen LogP contribution in [0.5, 0.6) is 0 Å². The maximum absolute atomic E-state index is 11.5. The standard InChI is InChI=1S/C8H10ClNO2S/c1-7-6-10-4-2-8(7)13(11,12)5-3-9/h2,4,6H,3,5H2,1H3. The number of aromatic nitrogens is 1. The van der Waals surface area contributed by atoms with Gasteiger partial charge in [0.1, 0.15) is 0 Å². The van der Waals surface area contributed by atoms with Crippen molar-refractivity contribution < 1.29 is 8.42 Å². The van der Waals surface area contributed by atoms with Gasteiger partial charge in [0.15, 0.2) is 9.84 Å². The van der Waals surface area contributed by atoms with Gasteiger partial charge in [0.25, 0.3) is 0 Å². The minimum absolute atomic E-state index is 0.0284. The number of hydrogen-bond donors (Lipinski definition) is 0. The van der Waals surface area contributed by atoms with E-state index in [0.717, 1.165) is 0 Å². The van der Waals surface area contributed by atoms with Crippen molar-refractivity contribution in [1.29, 1.82) is 0 Å². The molecule has 72 valence electrons. The molecule has 1 aromatic rings. The highest BCUT2D eigenvalue weighted by atomic mass is 35.5. The number of halogens is 1. The van der Waals surface area contributed by atoms with Crippen LogP contribution < -0.4 is 0 Å². The van der Waals surface area contributed by atoms with Gasteiger partial charge in [0.2, 0.25) is 0 Å². The Hall–Kier alpha value is -0.610. The van der Waals surface area contributed by atoms with E-state index in [-0.39, 0.29) is 11.6 Å². The second-order valence-corrected chi connectivity index (χ2v) is 5.10. The highest BCUT2D eigenvalue weighted by Gasteiger charge is 2.15. The molecule has 0 amide bonds. The molecular weight excluding hydrogens is 210 g/mol. The molecule has 3 nitrogen and oxygen atoms in total. The van der Waals surface area contributed by atoms with Crippen molar-refractivity contribution in [2.75, 3.05) is 11.6 Å². The Balaban J connectivity index is 3.15. The van der Waals surface area contributed by atoms with Gasteiger partial charge < -0.3 is 0 Å². The van der Waals surface area contributed by atoms with E-state index < -0.39 is 9.84 Å². The summed E-state index contributed by atoms with van der Waals surface area (Å²) in [7, 11) is -3.21. The van der Waals surface area contributed by atoms with E-state index in [1.165, 1.54) is 18.5 Å². The van der Waals surface area contributed by atoms with Crippen molar-refractivity contribution in [2.24, 2.45) is 0 Å². The molecule has 1 rings (SSSR count). The van der Waals surface area contributed by atoms with Gasteiger partial charge in [0.05, 0.1) is 10.6 Å². The summed E-state index contributed by atoms with van der Waals surface area (Å²) >= 11 is 5.39. The zero-order chi connectivity index (χ0) is 9.90. The summed E-state index contributed by atoms with van der Waals surface area (Å²) in [4.78, 5) is 4.14. The first-order valence-corrected chi connectivity index (χ1v) is 5.96. The van der Waals surface area contributed by atoms with E-state index in [1.54, 1.807) is 6.92 Å². The van der Waals surface area contributed by atoms with Crippen LogP contribution in [0, 0.1) is 6.92 Å². The van der Waals surface area contributed by atoms with Crippen molar-refractivity contribution in [3.63, 3.8) is 0 Å². The van der Waals surface area contributed by atoms with Crippen LogP contribution in [0.15, 0.2) is 23.4 Å². The van der Waals surface area contributed by atoms with Crippen molar-refractivity contribution >= 4 is 21.4 Å². The molecular formula is C8H10ClNO2S. The lowest BCUT2D eigenvalue weighted by Gasteiger charge is -2.04. The van der Waals surface area contributed by atoms with E-state index in [9.17, 15) is 8.42 Å². The van der Waals surface area contributed by atoms with Gasteiger partial charge in [-0.05, 0) is 18.6 Å². The molecule has 0 aliphatic heterocycles. The van der Waals surface area contributed by atoms with Crippen molar-refractivity contribution in [3.05, 3.63) is 24.0 Å². The van der Waals surface area contributed by atoms with E-state index in [4.69, 9.17) is 11.6 Å². The molecule has 1 aromatic heterocycles. The molecule has 0 saturated heterocycles. The molecule has 0 saturated carbocycles. The molecule has 1 heterocycles. The monoisotopic (exact) mass is 219 g/mol. The van der Waals surface area contributed by atoms with E-state index in [2.05, 4.69) is 4.98 Å². The first-order valence-electron chi connectivity index (χ1n) is 3.77. The summed E-state index contributed by atoms with van der Waals surface area (Å²) < 4.78 is 23.1. The lowest BCUT2D eigenvalue weighted by atomic mass is 10.3. The van der Waals surface area contributed by atoms with Gasteiger partial charge in [0, 0.05) is 18.3 Å². The average molecular weight is 220 g/mol. The fourth-order valence-corrected chi connectivity index (χ4v) is 2.87. The van der Waals surface area contributed by atoms with E-state index in [0.29, 0.717) is 10.5 Å². The first kappa shape index (κ1) is 10.5. The van der Waals surface area contributed by atoms with Crippen LogP contribution in [-0.4, -0.2) is 25.0 Å². The highest BCUT2D eigenvalue weighted by Crippen LogP contribution is 2.14. The maximum Gasteiger partial charge on any atom is 0.179 e. The van der Waals surface area contributed by atoms with Crippen molar-refractivity contribution in [1.82, 2.24) is 4.98 Å². The molecule has 0 unspecified atom stereocenters. The quantitative estimate of drug-likeness (QED) is 0.722. The van der Waals surface area contributed by atoms with Gasteiger partial charge in [-0.2, -0.15) is 0 Å². The minimum atomic E-state index is -3.21. The SMILES string of the molecule is Cc1cnccc1S(=O)(=O)CCCl. The molecule has 0 N–H and O–H groups in total. The third-order valence-electron chi connectivity index (χ3n) is 1.65. The number of pyridine rings is 1. The Morgan fingerprint density at radius 1 is 1.54 bits per heavy atom. The Morgan fingerprint density at radius 3 is 2.77 bits per heavy atom. The smallest absolute Gasteiger partial charge is 0.179 e. The lowest BCUT2D eigenvalue weighted by molar-refractivity contribution is 0.596. The van der Waals surface area contributed by atoms with Crippen molar-refractivity contribution in [3.8, 4) is 0 Å². The van der Waals surface area contributed by atoms with Crippen LogP contribution >= 0.6 is 11.6 Å². The Morgan fingerprint density at radius 2 is 2.23 bits per heavy atom. The fraction of sp³-hybridized carbons (Fsp3) is 0.375. The minimum Gasteiger partial charge on any atom is -0.264 e. The zero-order valence-corrected chi connectivity index (χ0v) is 8.77. The second-order valence-electron chi connectivity index (χ2n) is 2.65. The Labute approximate surface area is 82.7 Å². The second kappa shape index (κ2) is 4.07. The molecule has 0 aromatic carbocycles. The first-order chi connectivity index (χ1) is 6.08. The molecule has 0 spiro atoms. The highest BCUT2D eigenvalue weighted by molar-refractivity contribution is 7.91. The zero-order valence-electron chi connectivity index (χ0n) is 7.20. The summed E-state index contributed by atoms with van der Waals surface area (Å²) in [5, 5.41) is 0. The summed E-state index contributed by atoms with van der Waals surface area (Å²) in [6, 6.07) is 1.50. The van der Waals surface area contributed by atoms with Gasteiger partial charge in [-0.3, -0.25) is 4.98 Å². The van der Waals surface area contributed by atoms with Gasteiger partial charge in [-0.15, -0.1) is 11.6 Å². The van der Waals surface area contributed by atoms with Crippen LogP contribution in [-0.2, 0) is 9.84 Å². The van der Waals surface area contributed by atoms with Crippen LogP contribution in [0.3, 0.4) is 0 Å². The summed E-state index contributed by atoms with van der Waals surface area (Å²) in [5.74, 6) is 0.0868. The molecule has 0 bridgehead atoms. The summed E-state index contributed by atoms with van der Waals surface area (Å²) in [6.07, 6.45) is 3.00. The number of rotatable bonds is 3. The number of aryl methyl sites for hydroxylation is 1. The molecule has 0 atom stereocenters. The Bertz CT molecular complexity index is 389. The normalized spacial score (nSPS) is 11.5. The Kier molecular flexibility index (Phi) is 3.27. The van der Waals surface area contributed by atoms with Crippen molar-refractivity contribution in [2.45, 2.75) is 11.8 Å². The molecule has 5 heteroatoms.